The third kappa shape index (κ3) is 1.50. The van der Waals surface area contributed by atoms with Crippen LogP contribution in [0.25, 0.3) is 21.8 Å². The Morgan fingerprint density at radius 1 is 1.00 bits per heavy atom. The number of nitrogens with zero attached hydrogens (tertiary/aromatic N) is 1. The smallest absolute Gasteiger partial charge is 0.431 e. The first-order valence-corrected chi connectivity index (χ1v) is 9.93. The Kier molecular flexibility index (Phi) is 2.70. The predicted molar refractivity (Wildman–Crippen MR) is 79.4 cm³/mol. The molecule has 0 N–H and O–H groups in total. The van der Waals surface area contributed by atoms with Gasteiger partial charge in [0.2, 0.25) is 0 Å². The van der Waals surface area contributed by atoms with Crippen molar-refractivity contribution < 1.29 is 0 Å². The normalized spacial score (nSPS) is 11.1. The van der Waals surface area contributed by atoms with Crippen LogP contribution in [0.3, 0.4) is 0 Å². The van der Waals surface area contributed by atoms with E-state index in [1.54, 1.807) is 0 Å². The first-order chi connectivity index (χ1) is 7.81. The maximum atomic E-state index is 2.50. The van der Waals surface area contributed by atoms with Crippen LogP contribution in [0.1, 0.15) is 5.56 Å². The van der Waals surface area contributed by atoms with Gasteiger partial charge in [-0.15, -0.1) is 0 Å². The molecule has 1 heterocycles. The monoisotopic (exact) mass is 334 g/mol. The van der Waals surface area contributed by atoms with Gasteiger partial charge in [0, 0.05) is 21.8 Å². The number of aryl methyl sites for hydroxylation is 1. The molecule has 0 spiro atoms. The molecule has 0 atom stereocenters. The molecule has 0 aliphatic carbocycles. The molecular weight excluding hydrogens is 324 g/mol. The number of fused-ring (bicyclic) bond motifs is 3. The summed E-state index contributed by atoms with van der Waals surface area (Å²) in [6.45, 7) is 2.16. The molecule has 0 amide bonds. The van der Waals surface area contributed by atoms with Crippen LogP contribution in [0, 0.1) is 6.92 Å². The van der Waals surface area contributed by atoms with Gasteiger partial charge in [-0.25, -0.2) is 0 Å². The number of para-hydroxylation sites is 1. The summed E-state index contributed by atoms with van der Waals surface area (Å²) >= 11 is 2.76. The number of halogens is 1. The zero-order valence-electron chi connectivity index (χ0n) is 8.94. The van der Waals surface area contributed by atoms with Gasteiger partial charge in [0.05, 0.1) is 0 Å². The molecule has 0 aliphatic heterocycles. The van der Waals surface area contributed by atoms with E-state index in [0.29, 0.717) is 0 Å². The Bertz CT molecular complexity index is 672. The second kappa shape index (κ2) is 4.07. The second-order valence-electron chi connectivity index (χ2n) is 4.01. The summed E-state index contributed by atoms with van der Waals surface area (Å²) in [7, 11) is 0. The maximum Gasteiger partial charge on any atom is 0.478 e. The van der Waals surface area contributed by atoms with E-state index in [0.717, 1.165) is 0 Å². The van der Waals surface area contributed by atoms with Crippen molar-refractivity contribution in [3.05, 3.63) is 48.0 Å². The lowest BCUT2D eigenvalue weighted by Gasteiger charge is -2.01. The topological polar surface area (TPSA) is 4.93 Å². The van der Waals surface area contributed by atoms with Crippen LogP contribution in [-0.2, 0) is 0 Å². The fraction of sp³-hybridized carbons (Fsp3) is 0.0769. The molecule has 3 aromatic rings. The molecule has 0 saturated carbocycles. The minimum Gasteiger partial charge on any atom is -0.431 e. The minimum atomic E-state index is 0.253. The van der Waals surface area contributed by atoms with Gasteiger partial charge < -0.3 is 3.55 Å². The van der Waals surface area contributed by atoms with Gasteiger partial charge >= 0.3 is 12.2 Å². The van der Waals surface area contributed by atoms with Crippen LogP contribution in [-0.4, -0.2) is 15.7 Å². The van der Waals surface area contributed by atoms with Gasteiger partial charge in [0.15, 0.2) is 0 Å². The summed E-state index contributed by atoms with van der Waals surface area (Å²) in [5, 5.41) is 2.76. The number of aromatic nitrogens is 1. The average molecular weight is 334 g/mol. The number of hydrogen-bond acceptors (Lipinski definition) is 0. The molecule has 2 aromatic carbocycles. The lowest BCUT2D eigenvalue weighted by molar-refractivity contribution is 1.37. The average Bonchev–Trinajstić information content (AvgIpc) is 2.61. The number of rotatable bonds is 1. The van der Waals surface area contributed by atoms with Crippen LogP contribution in [0.2, 0.25) is 0 Å². The highest BCUT2D eigenvalue weighted by molar-refractivity contribution is 14.1. The molecule has 0 aliphatic rings. The summed E-state index contributed by atoms with van der Waals surface area (Å²) in [6.07, 6.45) is 0. The second-order valence-corrected chi connectivity index (χ2v) is 6.39. The number of benzene rings is 2. The van der Waals surface area contributed by atoms with E-state index in [1.807, 2.05) is 0 Å². The minimum absolute atomic E-state index is 0.253. The van der Waals surface area contributed by atoms with Crippen molar-refractivity contribution in [3.8, 4) is 0 Å². The summed E-state index contributed by atoms with van der Waals surface area (Å²) in [6, 6.07) is 15.4. The Labute approximate surface area is 112 Å². The molecule has 1 nitrogen and oxygen atoms in total. The molecule has 1 radical (unpaired) electrons. The highest BCUT2D eigenvalue weighted by Gasteiger charge is 2.09. The molecular formula is C13H10AlIN. The molecule has 0 unspecified atom stereocenters. The zero-order valence-corrected chi connectivity index (χ0v) is 12.3. The molecule has 3 heteroatoms. The third-order valence-corrected chi connectivity index (χ3v) is 5.39. The Morgan fingerprint density at radius 3 is 2.56 bits per heavy atom. The van der Waals surface area contributed by atoms with Crippen LogP contribution in [0.15, 0.2) is 42.5 Å². The zero-order chi connectivity index (χ0) is 11.1. The van der Waals surface area contributed by atoms with Gasteiger partial charge in [-0.2, -0.15) is 20.3 Å². The van der Waals surface area contributed by atoms with E-state index < -0.39 is 0 Å². The van der Waals surface area contributed by atoms with E-state index in [-0.39, 0.29) is 12.2 Å². The van der Waals surface area contributed by atoms with E-state index in [2.05, 4.69) is 73.2 Å². The van der Waals surface area contributed by atoms with E-state index >= 15 is 0 Å². The standard InChI is InChI=1S/C13H10N.Al.HI/c1-9-6-7-11-10-4-2-3-5-12(10)14-13(11)8-9;;/h2-8H,1H3;;1H/q-1;+2;/p-1. The van der Waals surface area contributed by atoms with Crippen molar-refractivity contribution in [3.63, 3.8) is 0 Å². The maximum absolute atomic E-state index is 2.50. The van der Waals surface area contributed by atoms with Crippen molar-refractivity contribution in [2.24, 2.45) is 0 Å². The third-order valence-electron chi connectivity index (χ3n) is 2.96. The number of hydrogen-bond donors (Lipinski definition) is 0. The lowest BCUT2D eigenvalue weighted by Crippen LogP contribution is -1.97. The van der Waals surface area contributed by atoms with Crippen molar-refractivity contribution in [1.82, 2.24) is 3.55 Å². The van der Waals surface area contributed by atoms with Gasteiger partial charge in [-0.3, -0.25) is 0 Å². The summed E-state index contributed by atoms with van der Waals surface area (Å²) in [5.74, 6) is 0. The van der Waals surface area contributed by atoms with E-state index in [9.17, 15) is 0 Å². The van der Waals surface area contributed by atoms with Crippen LogP contribution in [0.5, 0.6) is 0 Å². The molecule has 0 bridgehead atoms. The van der Waals surface area contributed by atoms with Crippen molar-refractivity contribution in [1.29, 1.82) is 0 Å². The van der Waals surface area contributed by atoms with E-state index in [4.69, 9.17) is 0 Å². The SMILES string of the molecule is Cc1ccc2c3ccccc3[n]([Al][I])c2c1. The van der Waals surface area contributed by atoms with Crippen LogP contribution in [0.4, 0.5) is 0 Å². The van der Waals surface area contributed by atoms with Crippen molar-refractivity contribution in [2.45, 2.75) is 6.92 Å². The molecule has 0 fully saturated rings. The Balaban J connectivity index is 2.58. The quantitative estimate of drug-likeness (QED) is 0.470. The van der Waals surface area contributed by atoms with Crippen molar-refractivity contribution >= 4 is 54.2 Å². The largest absolute Gasteiger partial charge is 0.478 e. The lowest BCUT2D eigenvalue weighted by atomic mass is 10.1. The molecule has 0 saturated heterocycles. The Morgan fingerprint density at radius 2 is 1.75 bits per heavy atom. The summed E-state index contributed by atoms with van der Waals surface area (Å²) < 4.78 is 2.46. The fourth-order valence-corrected chi connectivity index (χ4v) is 4.66. The molecule has 3 rings (SSSR count). The highest BCUT2D eigenvalue weighted by atomic mass is 127. The first kappa shape index (κ1) is 10.6. The van der Waals surface area contributed by atoms with Gasteiger partial charge in [-0.1, -0.05) is 30.3 Å². The fourth-order valence-electron chi connectivity index (χ4n) is 2.22. The molecule has 1 aromatic heterocycles. The van der Waals surface area contributed by atoms with Gasteiger partial charge in [0.25, 0.3) is 0 Å². The Hall–Kier alpha value is -0.498. The highest BCUT2D eigenvalue weighted by Crippen LogP contribution is 2.29. The van der Waals surface area contributed by atoms with Crippen molar-refractivity contribution in [2.75, 3.05) is 0 Å². The van der Waals surface area contributed by atoms with E-state index in [1.165, 1.54) is 27.4 Å². The predicted octanol–water partition coefficient (Wildman–Crippen LogP) is 3.92. The van der Waals surface area contributed by atoms with Crippen LogP contribution >= 0.6 is 20.3 Å². The first-order valence-electron chi connectivity index (χ1n) is 5.24. The van der Waals surface area contributed by atoms with Gasteiger partial charge in [0.1, 0.15) is 0 Å². The molecule has 16 heavy (non-hydrogen) atoms. The summed E-state index contributed by atoms with van der Waals surface area (Å²) in [4.78, 5) is 0. The molecule has 77 valence electrons. The van der Waals surface area contributed by atoms with Crippen LogP contribution < -0.4 is 0 Å². The summed E-state index contributed by atoms with van der Waals surface area (Å²) in [5.41, 5.74) is 4.08. The van der Waals surface area contributed by atoms with Gasteiger partial charge in [-0.05, 0) is 24.6 Å².